The highest BCUT2D eigenvalue weighted by Crippen LogP contribution is 2.70. The van der Waals surface area contributed by atoms with E-state index in [1.54, 1.807) is 0 Å². The van der Waals surface area contributed by atoms with E-state index in [9.17, 15) is 10.2 Å². The van der Waals surface area contributed by atoms with Gasteiger partial charge >= 0.3 is 0 Å². The molecule has 16 atom stereocenters. The van der Waals surface area contributed by atoms with Crippen LogP contribution in [0.4, 0.5) is 0 Å². The number of hydrogen-bond donors (Lipinski definition) is 2. The second-order valence-electron chi connectivity index (χ2n) is 20.7. The van der Waals surface area contributed by atoms with E-state index in [0.29, 0.717) is 34.5 Å². The summed E-state index contributed by atoms with van der Waals surface area (Å²) in [5.74, 6) is 7.15. The Labute approximate surface area is 281 Å². The van der Waals surface area contributed by atoms with Crippen LogP contribution in [0.1, 0.15) is 158 Å². The summed E-state index contributed by atoms with van der Waals surface area (Å²) < 4.78 is 0. The van der Waals surface area contributed by atoms with Crippen molar-refractivity contribution in [1.82, 2.24) is 0 Å². The van der Waals surface area contributed by atoms with E-state index >= 15 is 0 Å². The summed E-state index contributed by atoms with van der Waals surface area (Å²) in [4.78, 5) is 0. The topological polar surface area (TPSA) is 65.2 Å². The lowest BCUT2D eigenvalue weighted by Crippen LogP contribution is -2.57. The van der Waals surface area contributed by atoms with E-state index in [2.05, 4.69) is 55.4 Å². The molecule has 0 bridgehead atoms. The maximum absolute atomic E-state index is 11.3. The van der Waals surface area contributed by atoms with Crippen LogP contribution in [0.5, 0.6) is 0 Å². The Morgan fingerprint density at radius 3 is 1.26 bits per heavy atom. The minimum absolute atomic E-state index is 0.112. The number of nitrogens with zero attached hydrogens (tertiary/aromatic N) is 2. The third kappa shape index (κ3) is 4.29. The van der Waals surface area contributed by atoms with Gasteiger partial charge in [-0.2, -0.15) is 10.2 Å². The van der Waals surface area contributed by atoms with Crippen LogP contribution in [0.2, 0.25) is 0 Å². The first kappa shape index (κ1) is 32.5. The molecule has 8 aliphatic carbocycles. The Bertz CT molecular complexity index is 1200. The second kappa shape index (κ2) is 10.4. The zero-order valence-electron chi connectivity index (χ0n) is 30.9. The third-order valence-electron chi connectivity index (χ3n) is 19.1. The molecule has 0 aromatic heterocycles. The SMILES string of the molecule is C[C@@H]1CC2(C)C3CCC4(C)C(CC[C@]4(C)O)C3CC[C@H]2C/C1=N\N=C1/C[C@@H]2CCC3C4CC[C@](C)(O)[C@@]4(C)CCC3[C@@]2(C)C[C@H]1C. The van der Waals surface area contributed by atoms with E-state index in [4.69, 9.17) is 10.2 Å². The molecule has 8 aliphatic rings. The first-order valence-corrected chi connectivity index (χ1v) is 20.1. The van der Waals surface area contributed by atoms with Crippen LogP contribution in [0, 0.1) is 80.8 Å². The summed E-state index contributed by atoms with van der Waals surface area (Å²) in [6.45, 7) is 19.4. The van der Waals surface area contributed by atoms with E-state index < -0.39 is 11.2 Å². The number of rotatable bonds is 1. The molecular weight excluding hydrogens is 564 g/mol. The van der Waals surface area contributed by atoms with Crippen molar-refractivity contribution in [1.29, 1.82) is 0 Å². The fourth-order valence-electron chi connectivity index (χ4n) is 15.7. The first-order valence-electron chi connectivity index (χ1n) is 20.1. The predicted octanol–water partition coefficient (Wildman–Crippen LogP) is 9.86. The molecule has 0 heterocycles. The van der Waals surface area contributed by atoms with Crippen molar-refractivity contribution in [2.75, 3.05) is 0 Å². The van der Waals surface area contributed by atoms with Crippen molar-refractivity contribution >= 4 is 11.4 Å². The first-order chi connectivity index (χ1) is 21.5. The maximum Gasteiger partial charge on any atom is 0.0675 e. The van der Waals surface area contributed by atoms with E-state index in [0.717, 1.165) is 61.2 Å². The molecule has 0 spiro atoms. The van der Waals surface area contributed by atoms with Gasteiger partial charge in [-0.3, -0.25) is 0 Å². The standard InChI is InChI=1S/C42H68N2O2/c1-25-23-37(3)27(9-11-29-31(37)13-17-39(5)33(29)15-19-41(39,7)45)21-35(25)43-44-36-22-28-10-12-30-32(38(28,4)24-26(36)2)14-18-40(6)34(30)16-20-42(40,8)46/h25-34,45-46H,9-24H2,1-8H3/b43-35+,44-36+/t25-,26-,27+,28+,29?,30?,31?,32?,33?,34?,37+,38?,39+,40?,41+,42+/m1/s1. The van der Waals surface area contributed by atoms with Crippen molar-refractivity contribution in [3.8, 4) is 0 Å². The minimum Gasteiger partial charge on any atom is -0.390 e. The molecule has 0 aromatic rings. The lowest BCUT2D eigenvalue weighted by atomic mass is 9.43. The number of hydrogen-bond acceptors (Lipinski definition) is 4. The zero-order valence-corrected chi connectivity index (χ0v) is 30.9. The van der Waals surface area contributed by atoms with Crippen LogP contribution in [0.3, 0.4) is 0 Å². The molecule has 4 heteroatoms. The molecule has 8 rings (SSSR count). The lowest BCUT2D eigenvalue weighted by Gasteiger charge is -2.62. The molecule has 0 amide bonds. The number of fused-ring (bicyclic) bond motifs is 10. The van der Waals surface area contributed by atoms with Crippen molar-refractivity contribution in [2.24, 2.45) is 91.0 Å². The van der Waals surface area contributed by atoms with Crippen molar-refractivity contribution < 1.29 is 10.2 Å². The minimum atomic E-state index is -0.484. The monoisotopic (exact) mass is 633 g/mol. The Morgan fingerprint density at radius 2 is 0.870 bits per heavy atom. The molecule has 0 aromatic carbocycles. The van der Waals surface area contributed by atoms with Gasteiger partial charge in [-0.25, -0.2) is 0 Å². The predicted molar refractivity (Wildman–Crippen MR) is 189 cm³/mol. The lowest BCUT2D eigenvalue weighted by molar-refractivity contribution is -0.142. The quantitative estimate of drug-likeness (QED) is 0.283. The van der Waals surface area contributed by atoms with Gasteiger partial charge in [-0.15, -0.1) is 0 Å². The fourth-order valence-corrected chi connectivity index (χ4v) is 15.7. The van der Waals surface area contributed by atoms with Gasteiger partial charge < -0.3 is 10.2 Å². The smallest absolute Gasteiger partial charge is 0.0675 e. The Balaban J connectivity index is 0.969. The van der Waals surface area contributed by atoms with E-state index in [1.807, 2.05) is 0 Å². The molecule has 8 unspecified atom stereocenters. The van der Waals surface area contributed by atoms with Gasteiger partial charge in [0.05, 0.1) is 11.2 Å². The summed E-state index contributed by atoms with van der Waals surface area (Å²) in [7, 11) is 0. The second-order valence-corrected chi connectivity index (χ2v) is 20.7. The summed E-state index contributed by atoms with van der Waals surface area (Å²) in [5.41, 5.74) is 2.86. The van der Waals surface area contributed by atoms with Gasteiger partial charge in [-0.1, -0.05) is 41.5 Å². The van der Waals surface area contributed by atoms with Crippen LogP contribution >= 0.6 is 0 Å². The molecule has 8 fully saturated rings. The van der Waals surface area contributed by atoms with Crippen molar-refractivity contribution in [3.63, 3.8) is 0 Å². The molecule has 2 N–H and O–H groups in total. The maximum atomic E-state index is 11.3. The number of aliphatic hydroxyl groups is 2. The van der Waals surface area contributed by atoms with Gasteiger partial charge in [0.2, 0.25) is 0 Å². The summed E-state index contributed by atoms with van der Waals surface area (Å²) in [6.07, 6.45) is 19.7. The normalized spacial score (nSPS) is 61.3. The van der Waals surface area contributed by atoms with E-state index in [1.165, 1.54) is 88.5 Å². The molecule has 0 aliphatic heterocycles. The third-order valence-corrected chi connectivity index (χ3v) is 19.1. The molecule has 46 heavy (non-hydrogen) atoms. The van der Waals surface area contributed by atoms with Crippen LogP contribution in [0.15, 0.2) is 10.2 Å². The highest BCUT2D eigenvalue weighted by atomic mass is 16.3. The molecule has 8 saturated carbocycles. The van der Waals surface area contributed by atoms with Crippen molar-refractivity contribution in [3.05, 3.63) is 0 Å². The van der Waals surface area contributed by atoms with Gasteiger partial charge in [0, 0.05) is 11.4 Å². The summed E-state index contributed by atoms with van der Waals surface area (Å²) >= 11 is 0. The Kier molecular flexibility index (Phi) is 7.34. The van der Waals surface area contributed by atoms with Crippen LogP contribution in [-0.2, 0) is 0 Å². The molecular formula is C42H68N2O2. The molecule has 4 nitrogen and oxygen atoms in total. The Hall–Kier alpha value is -0.740. The van der Waals surface area contributed by atoms with Crippen molar-refractivity contribution in [2.45, 2.75) is 169 Å². The highest BCUT2D eigenvalue weighted by molar-refractivity contribution is 5.91. The van der Waals surface area contributed by atoms with E-state index in [-0.39, 0.29) is 10.8 Å². The highest BCUT2D eigenvalue weighted by Gasteiger charge is 2.65. The molecule has 0 radical (unpaired) electrons. The summed E-state index contributed by atoms with van der Waals surface area (Å²) in [6, 6.07) is 0. The molecule has 258 valence electrons. The van der Waals surface area contributed by atoms with Crippen LogP contribution in [0.25, 0.3) is 0 Å². The average Bonchev–Trinajstić information content (AvgIpc) is 3.38. The van der Waals surface area contributed by atoms with Crippen LogP contribution < -0.4 is 0 Å². The molecule has 0 saturated heterocycles. The van der Waals surface area contributed by atoms with Gasteiger partial charge in [-0.05, 0) is 197 Å². The zero-order chi connectivity index (χ0) is 32.7. The van der Waals surface area contributed by atoms with Gasteiger partial charge in [0.15, 0.2) is 0 Å². The van der Waals surface area contributed by atoms with Crippen LogP contribution in [-0.4, -0.2) is 32.8 Å². The average molecular weight is 633 g/mol. The largest absolute Gasteiger partial charge is 0.390 e. The Morgan fingerprint density at radius 1 is 0.500 bits per heavy atom. The van der Waals surface area contributed by atoms with Gasteiger partial charge in [0.1, 0.15) is 0 Å². The fraction of sp³-hybridized carbons (Fsp3) is 0.952. The summed E-state index contributed by atoms with van der Waals surface area (Å²) in [5, 5.41) is 33.1. The van der Waals surface area contributed by atoms with Gasteiger partial charge in [0.25, 0.3) is 0 Å².